The molecule has 3 heteroatoms. The maximum absolute atomic E-state index is 12.0. The minimum absolute atomic E-state index is 0.280. The van der Waals surface area contributed by atoms with E-state index in [2.05, 4.69) is 12.2 Å². The lowest BCUT2D eigenvalue weighted by molar-refractivity contribution is -0.126. The van der Waals surface area contributed by atoms with Gasteiger partial charge in [-0.3, -0.25) is 4.79 Å². The van der Waals surface area contributed by atoms with E-state index in [9.17, 15) is 4.79 Å². The van der Waals surface area contributed by atoms with Crippen molar-refractivity contribution in [3.8, 4) is 0 Å². The number of nitrogens with two attached hydrogens (primary N) is 1. The minimum atomic E-state index is 0.280. The van der Waals surface area contributed by atoms with E-state index >= 15 is 0 Å². The number of nitrogens with one attached hydrogen (secondary N) is 1. The Kier molecular flexibility index (Phi) is 7.25. The molecule has 0 aromatic heterocycles. The molecule has 0 spiro atoms. The summed E-state index contributed by atoms with van der Waals surface area (Å²) in [6, 6.07) is 0. The summed E-state index contributed by atoms with van der Waals surface area (Å²) >= 11 is 0. The SMILES string of the molecule is CCCC(CCN)CNC(=O)C1CCCCC1. The summed E-state index contributed by atoms with van der Waals surface area (Å²) in [5.41, 5.74) is 5.60. The highest BCUT2D eigenvalue weighted by atomic mass is 16.1. The van der Waals surface area contributed by atoms with Crippen molar-refractivity contribution in [3.05, 3.63) is 0 Å². The van der Waals surface area contributed by atoms with Crippen LogP contribution >= 0.6 is 0 Å². The zero-order chi connectivity index (χ0) is 12.5. The zero-order valence-corrected chi connectivity index (χ0v) is 11.2. The average Bonchev–Trinajstić information content (AvgIpc) is 2.37. The quantitative estimate of drug-likeness (QED) is 0.718. The van der Waals surface area contributed by atoms with E-state index < -0.39 is 0 Å². The molecule has 1 aliphatic rings. The third-order valence-electron chi connectivity index (χ3n) is 3.81. The smallest absolute Gasteiger partial charge is 0.223 e. The summed E-state index contributed by atoms with van der Waals surface area (Å²) in [4.78, 5) is 12.0. The Labute approximate surface area is 106 Å². The fourth-order valence-corrected chi connectivity index (χ4v) is 2.75. The Morgan fingerprint density at radius 3 is 2.59 bits per heavy atom. The fourth-order valence-electron chi connectivity index (χ4n) is 2.75. The Morgan fingerprint density at radius 2 is 2.00 bits per heavy atom. The summed E-state index contributed by atoms with van der Waals surface area (Å²) in [6.45, 7) is 3.73. The van der Waals surface area contributed by atoms with Gasteiger partial charge in [-0.2, -0.15) is 0 Å². The van der Waals surface area contributed by atoms with Gasteiger partial charge < -0.3 is 11.1 Å². The number of hydrogen-bond acceptors (Lipinski definition) is 2. The van der Waals surface area contributed by atoms with Gasteiger partial charge in [-0.25, -0.2) is 0 Å². The van der Waals surface area contributed by atoms with Crippen LogP contribution in [0.2, 0.25) is 0 Å². The lowest BCUT2D eigenvalue weighted by Gasteiger charge is -2.22. The third kappa shape index (κ3) is 5.53. The second-order valence-electron chi connectivity index (χ2n) is 5.31. The molecule has 0 radical (unpaired) electrons. The van der Waals surface area contributed by atoms with Crippen molar-refractivity contribution in [1.29, 1.82) is 0 Å². The van der Waals surface area contributed by atoms with Crippen LogP contribution in [0, 0.1) is 11.8 Å². The van der Waals surface area contributed by atoms with Gasteiger partial charge in [-0.1, -0.05) is 32.6 Å². The number of carbonyl (C=O) groups is 1. The van der Waals surface area contributed by atoms with Crippen molar-refractivity contribution in [1.82, 2.24) is 5.32 Å². The van der Waals surface area contributed by atoms with E-state index in [1.807, 2.05) is 0 Å². The van der Waals surface area contributed by atoms with Crippen LogP contribution < -0.4 is 11.1 Å². The van der Waals surface area contributed by atoms with Crippen LogP contribution in [-0.2, 0) is 4.79 Å². The van der Waals surface area contributed by atoms with Crippen LogP contribution in [0.1, 0.15) is 58.3 Å². The number of rotatable bonds is 7. The van der Waals surface area contributed by atoms with Gasteiger partial charge in [0.2, 0.25) is 5.91 Å². The predicted molar refractivity (Wildman–Crippen MR) is 71.7 cm³/mol. The van der Waals surface area contributed by atoms with Gasteiger partial charge in [0.15, 0.2) is 0 Å². The van der Waals surface area contributed by atoms with Crippen LogP contribution in [0.5, 0.6) is 0 Å². The van der Waals surface area contributed by atoms with Crippen molar-refractivity contribution in [2.75, 3.05) is 13.1 Å². The fraction of sp³-hybridized carbons (Fsp3) is 0.929. The lowest BCUT2D eigenvalue weighted by atomic mass is 9.88. The molecule has 1 saturated carbocycles. The standard InChI is InChI=1S/C14H28N2O/c1-2-6-12(9-10-15)11-16-14(17)13-7-4-3-5-8-13/h12-13H,2-11,15H2,1H3,(H,16,17). The minimum Gasteiger partial charge on any atom is -0.356 e. The first-order valence-corrected chi connectivity index (χ1v) is 7.25. The molecule has 1 atom stereocenters. The van der Waals surface area contributed by atoms with E-state index in [1.165, 1.54) is 32.1 Å². The topological polar surface area (TPSA) is 55.1 Å². The first kappa shape index (κ1) is 14.5. The molecule has 0 heterocycles. The van der Waals surface area contributed by atoms with Crippen LogP contribution in [-0.4, -0.2) is 19.0 Å². The molecule has 100 valence electrons. The van der Waals surface area contributed by atoms with Gasteiger partial charge in [-0.05, 0) is 38.1 Å². The highest BCUT2D eigenvalue weighted by molar-refractivity contribution is 5.78. The Hall–Kier alpha value is -0.570. The molecule has 0 bridgehead atoms. The van der Waals surface area contributed by atoms with Crippen molar-refractivity contribution >= 4 is 5.91 Å². The molecule has 17 heavy (non-hydrogen) atoms. The molecule has 3 nitrogen and oxygen atoms in total. The molecule has 1 rings (SSSR count). The molecule has 1 aliphatic carbocycles. The van der Waals surface area contributed by atoms with Crippen LogP contribution in [0.25, 0.3) is 0 Å². The van der Waals surface area contributed by atoms with Gasteiger partial charge in [0.25, 0.3) is 0 Å². The van der Waals surface area contributed by atoms with Crippen LogP contribution in [0.15, 0.2) is 0 Å². The van der Waals surface area contributed by atoms with Gasteiger partial charge >= 0.3 is 0 Å². The van der Waals surface area contributed by atoms with E-state index in [0.29, 0.717) is 5.92 Å². The first-order chi connectivity index (χ1) is 8.27. The van der Waals surface area contributed by atoms with Gasteiger partial charge in [0.1, 0.15) is 0 Å². The van der Waals surface area contributed by atoms with Crippen molar-refractivity contribution in [3.63, 3.8) is 0 Å². The van der Waals surface area contributed by atoms with E-state index in [0.717, 1.165) is 32.4 Å². The van der Waals surface area contributed by atoms with Crippen molar-refractivity contribution < 1.29 is 4.79 Å². The number of amides is 1. The molecule has 0 aromatic rings. The number of hydrogen-bond donors (Lipinski definition) is 2. The Morgan fingerprint density at radius 1 is 1.29 bits per heavy atom. The lowest BCUT2D eigenvalue weighted by Crippen LogP contribution is -2.35. The summed E-state index contributed by atoms with van der Waals surface area (Å²) in [5.74, 6) is 1.13. The zero-order valence-electron chi connectivity index (χ0n) is 11.2. The second kappa shape index (κ2) is 8.51. The van der Waals surface area contributed by atoms with Gasteiger partial charge in [-0.15, -0.1) is 0 Å². The third-order valence-corrected chi connectivity index (χ3v) is 3.81. The molecular formula is C14H28N2O. The molecule has 1 unspecified atom stereocenters. The maximum Gasteiger partial charge on any atom is 0.223 e. The highest BCUT2D eigenvalue weighted by Gasteiger charge is 2.21. The van der Waals surface area contributed by atoms with Crippen LogP contribution in [0.4, 0.5) is 0 Å². The summed E-state index contributed by atoms with van der Waals surface area (Å²) in [6.07, 6.45) is 9.28. The summed E-state index contributed by atoms with van der Waals surface area (Å²) in [5, 5.41) is 3.13. The van der Waals surface area contributed by atoms with E-state index in [1.54, 1.807) is 0 Å². The van der Waals surface area contributed by atoms with Crippen molar-refractivity contribution in [2.45, 2.75) is 58.3 Å². The highest BCUT2D eigenvalue weighted by Crippen LogP contribution is 2.23. The molecular weight excluding hydrogens is 212 g/mol. The van der Waals surface area contributed by atoms with Gasteiger partial charge in [0.05, 0.1) is 0 Å². The average molecular weight is 240 g/mol. The van der Waals surface area contributed by atoms with Crippen molar-refractivity contribution in [2.24, 2.45) is 17.6 Å². The van der Waals surface area contributed by atoms with Gasteiger partial charge in [0, 0.05) is 12.5 Å². The molecule has 0 saturated heterocycles. The first-order valence-electron chi connectivity index (χ1n) is 7.25. The van der Waals surface area contributed by atoms with Crippen LogP contribution in [0.3, 0.4) is 0 Å². The van der Waals surface area contributed by atoms with E-state index in [4.69, 9.17) is 5.73 Å². The maximum atomic E-state index is 12.0. The Balaban J connectivity index is 2.24. The van der Waals surface area contributed by atoms with E-state index in [-0.39, 0.29) is 11.8 Å². The number of carbonyl (C=O) groups excluding carboxylic acids is 1. The molecule has 0 aromatic carbocycles. The molecule has 1 fully saturated rings. The molecule has 3 N–H and O–H groups in total. The monoisotopic (exact) mass is 240 g/mol. The normalized spacial score (nSPS) is 18.9. The largest absolute Gasteiger partial charge is 0.356 e. The summed E-state index contributed by atoms with van der Waals surface area (Å²) < 4.78 is 0. The summed E-state index contributed by atoms with van der Waals surface area (Å²) in [7, 11) is 0. The molecule has 0 aliphatic heterocycles. The molecule has 1 amide bonds. The second-order valence-corrected chi connectivity index (χ2v) is 5.31. The predicted octanol–water partition coefficient (Wildman–Crippen LogP) is 2.45. The Bertz CT molecular complexity index is 206.